The van der Waals surface area contributed by atoms with Gasteiger partial charge in [-0.1, -0.05) is 18.2 Å². The van der Waals surface area contributed by atoms with Gasteiger partial charge in [-0.2, -0.15) is 0 Å². The molecule has 0 spiro atoms. The number of carbonyl (C=O) groups is 2. The Morgan fingerprint density at radius 2 is 1.70 bits per heavy atom. The van der Waals surface area contributed by atoms with E-state index in [4.69, 9.17) is 10.2 Å². The van der Waals surface area contributed by atoms with Gasteiger partial charge in [0, 0.05) is 42.8 Å². The molecule has 1 aromatic carbocycles. The maximum Gasteiger partial charge on any atom is 0.328 e. The summed E-state index contributed by atoms with van der Waals surface area (Å²) in [6, 6.07) is 8.59. The molecule has 2 aromatic rings. The number of nitrogens with zero attached hydrogens (tertiary/aromatic N) is 2. The van der Waals surface area contributed by atoms with E-state index < -0.39 is 11.9 Å². The largest absolute Gasteiger partial charge is 0.478 e. The molecule has 0 unspecified atom stereocenters. The van der Waals surface area contributed by atoms with Gasteiger partial charge in [-0.15, -0.1) is 0 Å². The smallest absolute Gasteiger partial charge is 0.328 e. The first-order valence-corrected chi connectivity index (χ1v) is 7.13. The molecular formula is C17H22N2O4. The number of fused-ring (bicyclic) bond motifs is 1. The van der Waals surface area contributed by atoms with Gasteiger partial charge in [0.15, 0.2) is 0 Å². The first-order chi connectivity index (χ1) is 10.8. The Morgan fingerprint density at radius 3 is 2.22 bits per heavy atom. The molecule has 0 radical (unpaired) electrons. The summed E-state index contributed by atoms with van der Waals surface area (Å²) in [4.78, 5) is 21.3. The van der Waals surface area contributed by atoms with Crippen molar-refractivity contribution in [3.8, 4) is 0 Å². The van der Waals surface area contributed by atoms with Crippen LogP contribution < -0.4 is 0 Å². The van der Waals surface area contributed by atoms with Crippen LogP contribution in [0.15, 0.2) is 42.6 Å². The zero-order valence-corrected chi connectivity index (χ0v) is 13.6. The van der Waals surface area contributed by atoms with E-state index in [1.807, 2.05) is 0 Å². The summed E-state index contributed by atoms with van der Waals surface area (Å²) in [7, 11) is 6.34. The second kappa shape index (κ2) is 8.75. The maximum absolute atomic E-state index is 9.55. The fourth-order valence-electron chi connectivity index (χ4n) is 2.11. The lowest BCUT2D eigenvalue weighted by molar-refractivity contribution is -0.134. The lowest BCUT2D eigenvalue weighted by Crippen LogP contribution is -2.14. The molecular weight excluding hydrogens is 296 g/mol. The molecule has 2 rings (SSSR count). The Hall–Kier alpha value is -2.60. The highest BCUT2D eigenvalue weighted by molar-refractivity contribution is 5.89. The van der Waals surface area contributed by atoms with Crippen LogP contribution in [0.1, 0.15) is 5.56 Å². The zero-order chi connectivity index (χ0) is 17.4. The van der Waals surface area contributed by atoms with Gasteiger partial charge in [0.05, 0.1) is 0 Å². The molecule has 1 aromatic heterocycles. The second-order valence-corrected chi connectivity index (χ2v) is 5.35. The van der Waals surface area contributed by atoms with Crippen LogP contribution in [0.3, 0.4) is 0 Å². The predicted octanol–water partition coefficient (Wildman–Crippen LogP) is 1.99. The average Bonchev–Trinajstić information content (AvgIpc) is 2.81. The van der Waals surface area contributed by atoms with Crippen molar-refractivity contribution in [1.82, 2.24) is 9.47 Å². The van der Waals surface area contributed by atoms with Crippen molar-refractivity contribution in [2.24, 2.45) is 7.05 Å². The predicted molar refractivity (Wildman–Crippen MR) is 89.6 cm³/mol. The van der Waals surface area contributed by atoms with Crippen molar-refractivity contribution in [1.29, 1.82) is 0 Å². The van der Waals surface area contributed by atoms with E-state index in [2.05, 4.69) is 61.1 Å². The SMILES string of the molecule is CN(C)CCc1cn(C)c2ccccc12.O=C(O)/C=C/C(=O)O. The van der Waals surface area contributed by atoms with Crippen LogP contribution in [0.25, 0.3) is 10.9 Å². The number of para-hydroxylation sites is 1. The summed E-state index contributed by atoms with van der Waals surface area (Å²) in [6.07, 6.45) is 4.48. The van der Waals surface area contributed by atoms with Gasteiger partial charge < -0.3 is 19.7 Å². The Morgan fingerprint density at radius 1 is 1.13 bits per heavy atom. The first-order valence-electron chi connectivity index (χ1n) is 7.13. The molecule has 0 bridgehead atoms. The molecule has 23 heavy (non-hydrogen) atoms. The second-order valence-electron chi connectivity index (χ2n) is 5.35. The normalized spacial score (nSPS) is 10.8. The minimum Gasteiger partial charge on any atom is -0.478 e. The monoisotopic (exact) mass is 318 g/mol. The molecule has 1 heterocycles. The number of carboxylic acid groups (broad SMARTS) is 2. The Labute approximate surface area is 135 Å². The van der Waals surface area contributed by atoms with Gasteiger partial charge >= 0.3 is 11.9 Å². The van der Waals surface area contributed by atoms with Gasteiger partial charge in [-0.05, 0) is 32.1 Å². The molecule has 6 heteroatoms. The number of rotatable bonds is 5. The van der Waals surface area contributed by atoms with Crippen LogP contribution >= 0.6 is 0 Å². The van der Waals surface area contributed by atoms with Crippen molar-refractivity contribution in [3.05, 3.63) is 48.2 Å². The van der Waals surface area contributed by atoms with Crippen LogP contribution in [-0.4, -0.2) is 52.3 Å². The third kappa shape index (κ3) is 6.36. The Balaban J connectivity index is 0.000000284. The molecule has 0 saturated heterocycles. The number of benzene rings is 1. The molecule has 124 valence electrons. The molecule has 0 fully saturated rings. The Bertz CT molecular complexity index is 686. The first kappa shape index (κ1) is 18.4. The Kier molecular flexibility index (Phi) is 7.02. The molecule has 0 aliphatic heterocycles. The van der Waals surface area contributed by atoms with E-state index in [-0.39, 0.29) is 0 Å². The molecule has 2 N–H and O–H groups in total. The highest BCUT2D eigenvalue weighted by Gasteiger charge is 2.05. The van der Waals surface area contributed by atoms with E-state index in [0.29, 0.717) is 12.2 Å². The summed E-state index contributed by atoms with van der Waals surface area (Å²) in [6.45, 7) is 1.11. The van der Waals surface area contributed by atoms with Crippen LogP contribution in [0.4, 0.5) is 0 Å². The van der Waals surface area contributed by atoms with E-state index >= 15 is 0 Å². The maximum atomic E-state index is 9.55. The summed E-state index contributed by atoms with van der Waals surface area (Å²) in [5, 5.41) is 17.0. The summed E-state index contributed by atoms with van der Waals surface area (Å²) in [5.74, 6) is -2.51. The lowest BCUT2D eigenvalue weighted by atomic mass is 10.1. The van der Waals surface area contributed by atoms with Crippen LogP contribution in [-0.2, 0) is 23.1 Å². The molecule has 0 saturated carbocycles. The van der Waals surface area contributed by atoms with Crippen LogP contribution in [0.2, 0.25) is 0 Å². The van der Waals surface area contributed by atoms with Crippen molar-refractivity contribution < 1.29 is 19.8 Å². The minimum absolute atomic E-state index is 0.558. The van der Waals surface area contributed by atoms with Gasteiger partial charge in [-0.3, -0.25) is 0 Å². The van der Waals surface area contributed by atoms with E-state index in [1.54, 1.807) is 0 Å². The van der Waals surface area contributed by atoms with Crippen molar-refractivity contribution in [2.45, 2.75) is 6.42 Å². The number of hydrogen-bond acceptors (Lipinski definition) is 3. The quantitative estimate of drug-likeness (QED) is 0.824. The molecule has 0 aliphatic rings. The number of hydrogen-bond donors (Lipinski definition) is 2. The van der Waals surface area contributed by atoms with Gasteiger partial charge in [-0.25, -0.2) is 9.59 Å². The highest BCUT2D eigenvalue weighted by Crippen LogP contribution is 2.20. The number of aromatic nitrogens is 1. The van der Waals surface area contributed by atoms with Crippen molar-refractivity contribution in [3.63, 3.8) is 0 Å². The number of likely N-dealkylation sites (N-methyl/N-ethyl adjacent to an activating group) is 1. The van der Waals surface area contributed by atoms with E-state index in [9.17, 15) is 9.59 Å². The van der Waals surface area contributed by atoms with Gasteiger partial charge in [0.2, 0.25) is 0 Å². The average molecular weight is 318 g/mol. The molecule has 0 atom stereocenters. The van der Waals surface area contributed by atoms with Gasteiger partial charge in [0.25, 0.3) is 0 Å². The minimum atomic E-state index is -1.26. The number of aliphatic carboxylic acids is 2. The zero-order valence-electron chi connectivity index (χ0n) is 13.6. The third-order valence-electron chi connectivity index (χ3n) is 3.18. The molecule has 6 nitrogen and oxygen atoms in total. The van der Waals surface area contributed by atoms with Crippen molar-refractivity contribution in [2.75, 3.05) is 20.6 Å². The summed E-state index contributed by atoms with van der Waals surface area (Å²) in [5.41, 5.74) is 2.77. The number of carboxylic acids is 2. The van der Waals surface area contributed by atoms with Crippen LogP contribution in [0, 0.1) is 0 Å². The van der Waals surface area contributed by atoms with Crippen molar-refractivity contribution >= 4 is 22.8 Å². The fraction of sp³-hybridized carbons (Fsp3) is 0.294. The standard InChI is InChI=1S/C13H18N2.C4H4O4/c1-14(2)9-8-11-10-15(3)13-7-5-4-6-12(11)13;5-3(6)1-2-4(7)8/h4-7,10H,8-9H2,1-3H3;1-2H,(H,5,6)(H,7,8)/b;2-1+. The van der Waals surface area contributed by atoms with E-state index in [0.717, 1.165) is 13.0 Å². The number of aryl methyl sites for hydroxylation is 1. The van der Waals surface area contributed by atoms with Crippen LogP contribution in [0.5, 0.6) is 0 Å². The molecule has 0 aliphatic carbocycles. The topological polar surface area (TPSA) is 82.8 Å². The third-order valence-corrected chi connectivity index (χ3v) is 3.18. The molecule has 0 amide bonds. The summed E-state index contributed by atoms with van der Waals surface area (Å²) >= 11 is 0. The highest BCUT2D eigenvalue weighted by atomic mass is 16.4. The van der Waals surface area contributed by atoms with Gasteiger partial charge in [0.1, 0.15) is 0 Å². The van der Waals surface area contributed by atoms with E-state index in [1.165, 1.54) is 16.5 Å². The fourth-order valence-corrected chi connectivity index (χ4v) is 2.11. The summed E-state index contributed by atoms with van der Waals surface area (Å²) < 4.78 is 2.21. The lowest BCUT2D eigenvalue weighted by Gasteiger charge is -2.07.